The number of benzene rings is 1. The number of amides is 1. The van der Waals surface area contributed by atoms with Crippen LogP contribution in [-0.4, -0.2) is 28.0 Å². The second kappa shape index (κ2) is 8.79. The van der Waals surface area contributed by atoms with E-state index in [4.69, 9.17) is 4.74 Å². The summed E-state index contributed by atoms with van der Waals surface area (Å²) < 4.78 is 6.90. The lowest BCUT2D eigenvalue weighted by Gasteiger charge is -2.13. The van der Waals surface area contributed by atoms with Gasteiger partial charge < -0.3 is 10.1 Å². The lowest BCUT2D eigenvalue weighted by molar-refractivity contribution is -0.124. The van der Waals surface area contributed by atoms with Crippen LogP contribution in [0.5, 0.6) is 0 Å². The molecule has 0 radical (unpaired) electrons. The lowest BCUT2D eigenvalue weighted by atomic mass is 10.1. The number of rotatable bonds is 5. The van der Waals surface area contributed by atoms with Gasteiger partial charge >= 0.3 is 5.97 Å². The zero-order chi connectivity index (χ0) is 21.1. The number of aromatic nitrogens is 2. The summed E-state index contributed by atoms with van der Waals surface area (Å²) in [5.74, 6) is -0.225. The third-order valence-corrected chi connectivity index (χ3v) is 6.29. The topological polar surface area (TPSA) is 90.3 Å². The number of hydrogen-bond acceptors (Lipinski definition) is 6. The van der Waals surface area contributed by atoms with Crippen molar-refractivity contribution in [1.82, 2.24) is 14.9 Å². The number of ether oxygens (including phenoxy) is 1. The molecule has 0 fully saturated rings. The highest BCUT2D eigenvalue weighted by atomic mass is 32.1. The Balaban J connectivity index is 1.45. The van der Waals surface area contributed by atoms with Crippen LogP contribution >= 0.6 is 11.3 Å². The van der Waals surface area contributed by atoms with Gasteiger partial charge in [0.25, 0.3) is 11.5 Å². The Labute approximate surface area is 177 Å². The Hall–Kier alpha value is -3.00. The summed E-state index contributed by atoms with van der Waals surface area (Å²) in [6, 6.07) is 8.43. The molecule has 2 aromatic heterocycles. The summed E-state index contributed by atoms with van der Waals surface area (Å²) in [6.45, 7) is 2.19. The van der Waals surface area contributed by atoms with E-state index < -0.39 is 5.97 Å². The van der Waals surface area contributed by atoms with Gasteiger partial charge in [0, 0.05) is 17.8 Å². The number of fused-ring (bicyclic) bond motifs is 2. The van der Waals surface area contributed by atoms with Crippen molar-refractivity contribution in [3.05, 3.63) is 62.3 Å². The molecule has 1 amide bonds. The fraction of sp³-hybridized carbons (Fsp3) is 0.364. The number of hydrogen-bond donors (Lipinski definition) is 1. The molecule has 30 heavy (non-hydrogen) atoms. The Morgan fingerprint density at radius 3 is 2.93 bits per heavy atom. The first-order valence-corrected chi connectivity index (χ1v) is 10.9. The molecule has 0 saturated carbocycles. The van der Waals surface area contributed by atoms with E-state index in [9.17, 15) is 14.4 Å². The summed E-state index contributed by atoms with van der Waals surface area (Å²) >= 11 is 1.55. The second-order valence-electron chi connectivity index (χ2n) is 7.41. The van der Waals surface area contributed by atoms with Gasteiger partial charge in [0.15, 0.2) is 6.61 Å². The minimum absolute atomic E-state index is 0.0706. The van der Waals surface area contributed by atoms with E-state index in [1.165, 1.54) is 0 Å². The van der Waals surface area contributed by atoms with Crippen molar-refractivity contribution >= 4 is 34.1 Å². The number of aryl methyl sites for hydroxylation is 1. The number of thiophene rings is 1. The van der Waals surface area contributed by atoms with Gasteiger partial charge in [0.05, 0.1) is 22.5 Å². The smallest absolute Gasteiger partial charge is 0.338 e. The standard InChI is InChI=1S/C22H23N3O4S/c1-14(18-6-5-11-30-18)23-20(26)13-29-22(28)15-8-9-16-17(12-15)24-19-7-3-2-4-10-25(19)21(16)27/h5-6,8-9,11-12,14H,2-4,7,10,13H2,1H3,(H,23,26). The molecule has 4 rings (SSSR count). The normalized spacial score (nSPS) is 14.6. The van der Waals surface area contributed by atoms with E-state index in [0.717, 1.165) is 36.4 Å². The van der Waals surface area contributed by atoms with Crippen molar-refractivity contribution < 1.29 is 14.3 Å². The molecule has 3 aromatic rings. The number of nitrogens with zero attached hydrogens (tertiary/aromatic N) is 2. The fourth-order valence-corrected chi connectivity index (χ4v) is 4.39. The average Bonchev–Trinajstić information content (AvgIpc) is 3.18. The first-order valence-electron chi connectivity index (χ1n) is 10.1. The second-order valence-corrected chi connectivity index (χ2v) is 8.39. The van der Waals surface area contributed by atoms with Crippen LogP contribution in [0.15, 0.2) is 40.5 Å². The molecule has 0 spiro atoms. The molecule has 1 aromatic carbocycles. The predicted octanol–water partition coefficient (Wildman–Crippen LogP) is 3.22. The van der Waals surface area contributed by atoms with Gasteiger partial charge in [-0.25, -0.2) is 9.78 Å². The SMILES string of the molecule is CC(NC(=O)COC(=O)c1ccc2c(=O)n3c(nc2c1)CCCCC3)c1cccs1. The molecule has 156 valence electrons. The van der Waals surface area contributed by atoms with Gasteiger partial charge in [-0.1, -0.05) is 12.5 Å². The highest BCUT2D eigenvalue weighted by Gasteiger charge is 2.17. The molecule has 1 unspecified atom stereocenters. The van der Waals surface area contributed by atoms with Crippen molar-refractivity contribution in [2.75, 3.05) is 6.61 Å². The third-order valence-electron chi connectivity index (χ3n) is 5.23. The number of carbonyl (C=O) groups is 2. The van der Waals surface area contributed by atoms with Crippen molar-refractivity contribution in [3.8, 4) is 0 Å². The van der Waals surface area contributed by atoms with Gasteiger partial charge in [-0.3, -0.25) is 14.2 Å². The first-order chi connectivity index (χ1) is 14.5. The molecular weight excluding hydrogens is 402 g/mol. The number of nitrogens with one attached hydrogen (secondary N) is 1. The van der Waals surface area contributed by atoms with E-state index in [1.807, 2.05) is 24.4 Å². The maximum Gasteiger partial charge on any atom is 0.338 e. The number of esters is 1. The van der Waals surface area contributed by atoms with Crippen LogP contribution in [0.4, 0.5) is 0 Å². The lowest BCUT2D eigenvalue weighted by Crippen LogP contribution is -2.30. The molecule has 0 saturated heterocycles. The minimum atomic E-state index is -0.618. The van der Waals surface area contributed by atoms with Crippen LogP contribution in [0.3, 0.4) is 0 Å². The molecule has 3 heterocycles. The van der Waals surface area contributed by atoms with Crippen LogP contribution in [0.1, 0.15) is 53.3 Å². The summed E-state index contributed by atoms with van der Waals surface area (Å²) in [5, 5.41) is 5.23. The highest BCUT2D eigenvalue weighted by molar-refractivity contribution is 7.10. The van der Waals surface area contributed by atoms with Crippen LogP contribution in [0, 0.1) is 0 Å². The van der Waals surface area contributed by atoms with Crippen LogP contribution in [0.25, 0.3) is 10.9 Å². The van der Waals surface area contributed by atoms with Gasteiger partial charge in [-0.05, 0) is 49.4 Å². The van der Waals surface area contributed by atoms with Crippen LogP contribution in [-0.2, 0) is 22.5 Å². The minimum Gasteiger partial charge on any atom is -0.452 e. The Bertz CT molecular complexity index is 1140. The first kappa shape index (κ1) is 20.3. The molecule has 1 atom stereocenters. The highest BCUT2D eigenvalue weighted by Crippen LogP contribution is 2.18. The Morgan fingerprint density at radius 2 is 2.13 bits per heavy atom. The Morgan fingerprint density at radius 1 is 1.27 bits per heavy atom. The molecule has 1 N–H and O–H groups in total. The largest absolute Gasteiger partial charge is 0.452 e. The fourth-order valence-electron chi connectivity index (χ4n) is 3.65. The van der Waals surface area contributed by atoms with Crippen molar-refractivity contribution in [3.63, 3.8) is 0 Å². The molecule has 1 aliphatic rings. The van der Waals surface area contributed by atoms with E-state index in [2.05, 4.69) is 10.3 Å². The van der Waals surface area contributed by atoms with Gasteiger partial charge in [0.1, 0.15) is 5.82 Å². The summed E-state index contributed by atoms with van der Waals surface area (Å²) in [4.78, 5) is 42.9. The van der Waals surface area contributed by atoms with E-state index >= 15 is 0 Å². The van der Waals surface area contributed by atoms with Crippen molar-refractivity contribution in [2.24, 2.45) is 0 Å². The quantitative estimate of drug-likeness (QED) is 0.634. The zero-order valence-corrected chi connectivity index (χ0v) is 17.5. The average molecular weight is 426 g/mol. The van der Waals surface area contributed by atoms with E-state index in [-0.39, 0.29) is 29.7 Å². The zero-order valence-electron chi connectivity index (χ0n) is 16.7. The Kier molecular flexibility index (Phi) is 5.94. The van der Waals surface area contributed by atoms with Gasteiger partial charge in [-0.15, -0.1) is 11.3 Å². The molecule has 8 heteroatoms. The predicted molar refractivity (Wildman–Crippen MR) is 115 cm³/mol. The van der Waals surface area contributed by atoms with Gasteiger partial charge in [-0.2, -0.15) is 0 Å². The van der Waals surface area contributed by atoms with Crippen molar-refractivity contribution in [2.45, 2.75) is 45.2 Å². The third kappa shape index (κ3) is 4.28. The van der Waals surface area contributed by atoms with E-state index in [0.29, 0.717) is 17.4 Å². The summed E-state index contributed by atoms with van der Waals surface area (Å²) in [5.41, 5.74) is 0.684. The maximum atomic E-state index is 12.8. The van der Waals surface area contributed by atoms with E-state index in [1.54, 1.807) is 34.1 Å². The van der Waals surface area contributed by atoms with Crippen molar-refractivity contribution in [1.29, 1.82) is 0 Å². The van der Waals surface area contributed by atoms with Crippen LogP contribution in [0.2, 0.25) is 0 Å². The molecular formula is C22H23N3O4S. The molecule has 7 nitrogen and oxygen atoms in total. The summed E-state index contributed by atoms with van der Waals surface area (Å²) in [7, 11) is 0. The van der Waals surface area contributed by atoms with Gasteiger partial charge in [0.2, 0.25) is 0 Å². The monoisotopic (exact) mass is 425 g/mol. The molecule has 0 aliphatic carbocycles. The maximum absolute atomic E-state index is 12.8. The molecule has 0 bridgehead atoms. The molecule has 1 aliphatic heterocycles. The summed E-state index contributed by atoms with van der Waals surface area (Å²) in [6.07, 6.45) is 3.79. The van der Waals surface area contributed by atoms with Crippen LogP contribution < -0.4 is 10.9 Å². The number of carbonyl (C=O) groups excluding carboxylic acids is 2.